The number of aliphatic carboxylic acids is 1. The molecule has 0 aromatic heterocycles. The largest absolute Gasteiger partial charge is 0.480 e. The number of carbonyl (C=O) groups is 8. The fourth-order valence-corrected chi connectivity index (χ4v) is 8.73. The number of carboxylic acids is 1. The number of nitrogens with zero attached hydrogens (tertiary/aromatic N) is 6. The van der Waals surface area contributed by atoms with Crippen LogP contribution in [-0.4, -0.2) is 172 Å². The van der Waals surface area contributed by atoms with Crippen LogP contribution in [0.15, 0.2) is 0 Å². The number of carboxylic acid groups (broad SMARTS) is 1. The van der Waals surface area contributed by atoms with Crippen molar-refractivity contribution in [2.75, 3.05) is 48.8 Å². The number of rotatable bonds is 19. The smallest absolute Gasteiger partial charge is 0.326 e. The van der Waals surface area contributed by atoms with Crippen molar-refractivity contribution in [1.82, 2.24) is 34.7 Å². The number of carbonyl (C=O) groups excluding carboxylic acids is 7. The first kappa shape index (κ1) is 49.1. The van der Waals surface area contributed by atoms with Crippen LogP contribution < -0.4 is 11.1 Å². The minimum atomic E-state index is -1.25. The second-order valence-corrected chi connectivity index (χ2v) is 18.0. The van der Waals surface area contributed by atoms with E-state index in [4.69, 9.17) is 5.73 Å². The van der Waals surface area contributed by atoms with E-state index in [1.807, 2.05) is 20.8 Å². The summed E-state index contributed by atoms with van der Waals surface area (Å²) in [6.07, 6.45) is 6.55. The van der Waals surface area contributed by atoms with Crippen molar-refractivity contribution in [1.29, 1.82) is 0 Å². The lowest BCUT2D eigenvalue weighted by atomic mass is 9.91. The molecule has 1 saturated heterocycles. The third-order valence-electron chi connectivity index (χ3n) is 13.2. The van der Waals surface area contributed by atoms with Crippen molar-refractivity contribution < 1.29 is 43.5 Å². The molecule has 0 bridgehead atoms. The van der Waals surface area contributed by atoms with Gasteiger partial charge in [0, 0.05) is 48.8 Å². The summed E-state index contributed by atoms with van der Waals surface area (Å²) in [4.78, 5) is 117. The van der Waals surface area contributed by atoms with Gasteiger partial charge in [-0.25, -0.2) is 4.79 Å². The Hall–Kier alpha value is -4.28. The highest BCUT2D eigenvalue weighted by Gasteiger charge is 2.47. The Labute approximate surface area is 350 Å². The van der Waals surface area contributed by atoms with Crippen LogP contribution in [0, 0.1) is 17.8 Å². The van der Waals surface area contributed by atoms with Gasteiger partial charge in [0.25, 0.3) is 0 Å². The molecule has 3 rings (SSSR count). The van der Waals surface area contributed by atoms with E-state index in [1.165, 1.54) is 71.6 Å². The molecule has 334 valence electrons. The van der Waals surface area contributed by atoms with Gasteiger partial charge in [-0.15, -0.1) is 0 Å². The van der Waals surface area contributed by atoms with Crippen molar-refractivity contribution in [3.8, 4) is 0 Å². The zero-order chi connectivity index (χ0) is 44.7. The fourth-order valence-electron chi connectivity index (χ4n) is 8.73. The van der Waals surface area contributed by atoms with E-state index in [2.05, 4.69) is 5.32 Å². The maximum atomic E-state index is 14.6. The predicted octanol–water partition coefficient (Wildman–Crippen LogP) is 1.52. The van der Waals surface area contributed by atoms with Crippen LogP contribution in [0.4, 0.5) is 0 Å². The molecule has 4 N–H and O–H groups in total. The normalized spacial score (nSPS) is 20.6. The number of likely N-dealkylation sites (tertiary alicyclic amines) is 1. The summed E-state index contributed by atoms with van der Waals surface area (Å²) in [5.41, 5.74) is 5.52. The van der Waals surface area contributed by atoms with Gasteiger partial charge in [0.1, 0.15) is 36.3 Å². The van der Waals surface area contributed by atoms with Crippen molar-refractivity contribution in [3.63, 3.8) is 0 Å². The van der Waals surface area contributed by atoms with Crippen LogP contribution in [0.2, 0.25) is 0 Å². The Kier molecular flexibility index (Phi) is 17.3. The van der Waals surface area contributed by atoms with E-state index in [-0.39, 0.29) is 36.6 Å². The molecule has 7 atom stereocenters. The minimum Gasteiger partial charge on any atom is -0.480 e. The standard InChI is InChI=1S/C42H72N8O9/c1-12-26(4)33(38(55)46(8)27(5)36(53)50-22-19-29(50)40(57)58)44-35(52)30(23-25(2)3)47(9)32(51)24-31(37(54)45(6)7)48(10)39(56)34(28-17-13-14-18-28)49(11)41(59)42(43)20-15-16-21-42/h25-31,33-34H,12-24,43H2,1-11H3,(H,44,52)(H,57,58)/t26-,27-,29-,30-,31-,33-,34-/m0/s1. The summed E-state index contributed by atoms with van der Waals surface area (Å²) in [5.74, 6) is -5.19. The molecule has 0 aromatic rings. The highest BCUT2D eigenvalue weighted by Crippen LogP contribution is 2.35. The maximum absolute atomic E-state index is 14.6. The van der Waals surface area contributed by atoms with Gasteiger partial charge in [-0.1, -0.05) is 59.8 Å². The summed E-state index contributed by atoms with van der Waals surface area (Å²) in [5, 5.41) is 12.3. The molecule has 17 nitrogen and oxygen atoms in total. The third kappa shape index (κ3) is 11.3. The van der Waals surface area contributed by atoms with Crippen LogP contribution in [0.1, 0.15) is 112 Å². The molecule has 0 aromatic carbocycles. The highest BCUT2D eigenvalue weighted by molar-refractivity contribution is 5.98. The van der Waals surface area contributed by atoms with Crippen molar-refractivity contribution in [2.24, 2.45) is 23.5 Å². The lowest BCUT2D eigenvalue weighted by Gasteiger charge is -2.41. The van der Waals surface area contributed by atoms with Crippen LogP contribution in [-0.2, 0) is 38.4 Å². The van der Waals surface area contributed by atoms with Gasteiger partial charge in [-0.2, -0.15) is 0 Å². The zero-order valence-electron chi connectivity index (χ0n) is 37.4. The Balaban J connectivity index is 1.87. The molecule has 1 aliphatic heterocycles. The molecule has 0 radical (unpaired) electrons. The Morgan fingerprint density at radius 1 is 0.763 bits per heavy atom. The molecule has 2 aliphatic carbocycles. The Bertz CT molecular complexity index is 1560. The van der Waals surface area contributed by atoms with Crippen molar-refractivity contribution >= 4 is 47.3 Å². The molecule has 7 amide bonds. The SMILES string of the molecule is CC[C@H](C)[C@H](NC(=O)[C@H](CC(C)C)N(C)C(=O)C[C@@H](C(=O)N(C)C)N(C)C(=O)[C@H](C1CCCC1)N(C)C(=O)C1(N)CCCC1)C(=O)N(C)[C@@H](C)C(=O)N1CC[C@H]1C(=O)O. The summed E-state index contributed by atoms with van der Waals surface area (Å²) < 4.78 is 0. The van der Waals surface area contributed by atoms with Crippen molar-refractivity contribution in [2.45, 2.75) is 153 Å². The number of nitrogens with two attached hydrogens (primary N) is 1. The number of hydrogen-bond donors (Lipinski definition) is 3. The first-order valence-electron chi connectivity index (χ1n) is 21.4. The summed E-state index contributed by atoms with van der Waals surface area (Å²) in [6, 6.07) is -6.23. The number of nitrogens with one attached hydrogen (secondary N) is 1. The predicted molar refractivity (Wildman–Crippen MR) is 221 cm³/mol. The molecular weight excluding hydrogens is 761 g/mol. The second kappa shape index (κ2) is 20.8. The highest BCUT2D eigenvalue weighted by atomic mass is 16.4. The van der Waals surface area contributed by atoms with Crippen LogP contribution in [0.3, 0.4) is 0 Å². The fraction of sp³-hybridized carbons (Fsp3) is 0.810. The number of amides is 7. The van der Waals surface area contributed by atoms with E-state index in [9.17, 15) is 43.5 Å². The van der Waals surface area contributed by atoms with Crippen LogP contribution in [0.25, 0.3) is 0 Å². The van der Waals surface area contributed by atoms with E-state index in [0.29, 0.717) is 25.7 Å². The van der Waals surface area contributed by atoms with Crippen LogP contribution in [0.5, 0.6) is 0 Å². The average molecular weight is 833 g/mol. The summed E-state index contributed by atoms with van der Waals surface area (Å²) >= 11 is 0. The maximum Gasteiger partial charge on any atom is 0.326 e. The molecule has 0 unspecified atom stereocenters. The average Bonchev–Trinajstić information content (AvgIpc) is 3.87. The first-order valence-corrected chi connectivity index (χ1v) is 21.4. The minimum absolute atomic E-state index is 0.0767. The first-order chi connectivity index (χ1) is 27.5. The molecule has 59 heavy (non-hydrogen) atoms. The lowest BCUT2D eigenvalue weighted by Crippen LogP contribution is -2.62. The van der Waals surface area contributed by atoms with Gasteiger partial charge in [0.05, 0.1) is 12.0 Å². The lowest BCUT2D eigenvalue weighted by molar-refractivity contribution is -0.161. The molecule has 2 saturated carbocycles. The topological polar surface area (TPSA) is 214 Å². The van der Waals surface area contributed by atoms with E-state index in [1.54, 1.807) is 14.0 Å². The molecule has 0 spiro atoms. The van der Waals surface area contributed by atoms with E-state index in [0.717, 1.165) is 38.5 Å². The van der Waals surface area contributed by atoms with Gasteiger partial charge >= 0.3 is 5.97 Å². The number of likely N-dealkylation sites (N-methyl/N-ethyl adjacent to an activating group) is 5. The molecule has 1 heterocycles. The quantitative estimate of drug-likeness (QED) is 0.171. The van der Waals surface area contributed by atoms with Gasteiger partial charge in [-0.05, 0) is 63.2 Å². The number of hydrogen-bond acceptors (Lipinski definition) is 9. The van der Waals surface area contributed by atoms with Gasteiger partial charge in [0.15, 0.2) is 0 Å². The molecule has 3 aliphatic rings. The Morgan fingerprint density at radius 3 is 1.81 bits per heavy atom. The van der Waals surface area contributed by atoms with Gasteiger partial charge < -0.3 is 45.6 Å². The molecule has 17 heteroatoms. The summed E-state index contributed by atoms with van der Waals surface area (Å²) in [6.45, 7) is 9.21. The van der Waals surface area contributed by atoms with E-state index < -0.39 is 89.6 Å². The monoisotopic (exact) mass is 833 g/mol. The zero-order valence-corrected chi connectivity index (χ0v) is 37.4. The van der Waals surface area contributed by atoms with Crippen molar-refractivity contribution in [3.05, 3.63) is 0 Å². The second-order valence-electron chi connectivity index (χ2n) is 18.0. The van der Waals surface area contributed by atoms with Crippen LogP contribution >= 0.6 is 0 Å². The van der Waals surface area contributed by atoms with Gasteiger partial charge in [-0.3, -0.25) is 33.6 Å². The molecular formula is C42H72N8O9. The van der Waals surface area contributed by atoms with E-state index >= 15 is 0 Å². The summed E-state index contributed by atoms with van der Waals surface area (Å²) in [7, 11) is 9.05. The molecule has 3 fully saturated rings. The van der Waals surface area contributed by atoms with Gasteiger partial charge in [0.2, 0.25) is 41.4 Å². The third-order valence-corrected chi connectivity index (χ3v) is 13.2. The Morgan fingerprint density at radius 2 is 1.34 bits per heavy atom.